The number of rotatable bonds is 6. The van der Waals surface area contributed by atoms with Gasteiger partial charge in [-0.25, -0.2) is 0 Å². The Labute approximate surface area is 411 Å². The lowest BCUT2D eigenvalue weighted by molar-refractivity contribution is 0.282. The molecule has 1 aromatic heterocycles. The average molecular weight is 904 g/mol. The summed E-state index contributed by atoms with van der Waals surface area (Å²) in [6.45, 7) is 27.8. The van der Waals surface area contributed by atoms with Crippen LogP contribution in [-0.4, -0.2) is 6.71 Å². The highest BCUT2D eigenvalue weighted by Gasteiger charge is 2.52. The second kappa shape index (κ2) is 15.9. The second-order valence-electron chi connectivity index (χ2n) is 23.5. The van der Waals surface area contributed by atoms with Crippen molar-refractivity contribution in [3.05, 3.63) is 191 Å². The van der Waals surface area contributed by atoms with E-state index in [4.69, 9.17) is 4.42 Å². The molecule has 0 radical (unpaired) electrons. The van der Waals surface area contributed by atoms with Gasteiger partial charge in [0, 0.05) is 56.4 Å². The lowest BCUT2D eigenvalue weighted by Crippen LogP contribution is -2.61. The van der Waals surface area contributed by atoms with Gasteiger partial charge in [0.05, 0.1) is 17.0 Å². The summed E-state index contributed by atoms with van der Waals surface area (Å²) in [5, 5.41) is 0. The van der Waals surface area contributed by atoms with Gasteiger partial charge in [-0.3, -0.25) is 0 Å². The van der Waals surface area contributed by atoms with Gasteiger partial charge in [0.1, 0.15) is 5.76 Å². The number of para-hydroxylation sites is 2. The molecule has 0 fully saturated rings. The van der Waals surface area contributed by atoms with Crippen molar-refractivity contribution >= 4 is 74.5 Å². The van der Waals surface area contributed by atoms with Crippen LogP contribution in [0.4, 0.5) is 51.2 Å². The van der Waals surface area contributed by atoms with Crippen molar-refractivity contribution in [2.45, 2.75) is 118 Å². The molecule has 0 saturated heterocycles. The van der Waals surface area contributed by atoms with Gasteiger partial charge in [-0.05, 0) is 148 Å². The van der Waals surface area contributed by atoms with Crippen molar-refractivity contribution in [1.82, 2.24) is 0 Å². The second-order valence-corrected chi connectivity index (χ2v) is 23.5. The van der Waals surface area contributed by atoms with Crippen LogP contribution in [0.1, 0.15) is 116 Å². The smallest absolute Gasteiger partial charge is 0.297 e. The minimum Gasteiger partial charge on any atom is -0.472 e. The fourth-order valence-corrected chi connectivity index (χ4v) is 11.5. The van der Waals surface area contributed by atoms with Gasteiger partial charge >= 0.3 is 0 Å². The number of hydrogen-bond acceptors (Lipinski definition) is 4. The van der Waals surface area contributed by atoms with Crippen molar-refractivity contribution in [2.24, 2.45) is 0 Å². The van der Waals surface area contributed by atoms with E-state index in [9.17, 15) is 0 Å². The van der Waals surface area contributed by atoms with Crippen LogP contribution < -0.4 is 31.3 Å². The molecule has 0 unspecified atom stereocenters. The van der Waals surface area contributed by atoms with Gasteiger partial charge in [-0.2, -0.15) is 0 Å². The molecule has 7 aromatic carbocycles. The summed E-state index contributed by atoms with van der Waals surface area (Å²) in [4.78, 5) is 7.61. The van der Waals surface area contributed by atoms with E-state index in [0.717, 1.165) is 58.4 Å². The van der Waals surface area contributed by atoms with Crippen molar-refractivity contribution in [3.63, 3.8) is 0 Å². The number of furan rings is 1. The maximum absolute atomic E-state index is 7.69. The fourth-order valence-electron chi connectivity index (χ4n) is 11.5. The number of anilines is 9. The third kappa shape index (κ3) is 7.34. The van der Waals surface area contributed by atoms with E-state index >= 15 is 0 Å². The zero-order valence-corrected chi connectivity index (χ0v) is 42.8. The summed E-state index contributed by atoms with van der Waals surface area (Å²) in [7, 11) is 0. The fraction of sp³-hybridized carbons (Fsp3) is 0.281. The average Bonchev–Trinajstić information content (AvgIpc) is 3.74. The summed E-state index contributed by atoms with van der Waals surface area (Å²) in [5.74, 6) is 1.13. The minimum absolute atomic E-state index is 0.0252. The summed E-state index contributed by atoms with van der Waals surface area (Å²) in [5.41, 5.74) is 22.5. The number of benzene rings is 7. The van der Waals surface area contributed by atoms with E-state index in [1.54, 1.807) is 0 Å². The summed E-state index contributed by atoms with van der Waals surface area (Å²) < 4.78 is 7.69. The predicted molar refractivity (Wildman–Crippen MR) is 295 cm³/mol. The third-order valence-electron chi connectivity index (χ3n) is 15.5. The molecule has 3 heterocycles. The van der Waals surface area contributed by atoms with Gasteiger partial charge in [0.25, 0.3) is 6.71 Å². The van der Waals surface area contributed by atoms with E-state index in [2.05, 4.69) is 256 Å². The molecule has 0 saturated carbocycles. The van der Waals surface area contributed by atoms with Crippen LogP contribution in [0.2, 0.25) is 0 Å². The zero-order valence-electron chi connectivity index (χ0n) is 42.8. The normalized spacial score (nSPS) is 15.6. The molecule has 0 bridgehead atoms. The van der Waals surface area contributed by atoms with Gasteiger partial charge in [-0.1, -0.05) is 160 Å². The molecule has 0 atom stereocenters. The lowest BCUT2D eigenvalue weighted by atomic mass is 9.35. The van der Waals surface area contributed by atoms with Crippen LogP contribution in [0, 0.1) is 13.8 Å². The van der Waals surface area contributed by atoms with Gasteiger partial charge in [0.15, 0.2) is 0 Å². The molecule has 1 aliphatic carbocycles. The molecule has 346 valence electrons. The Balaban J connectivity index is 1.26. The molecule has 4 nitrogen and oxygen atoms in total. The molecule has 5 heteroatoms. The van der Waals surface area contributed by atoms with E-state index in [1.165, 1.54) is 66.9 Å². The van der Waals surface area contributed by atoms with E-state index in [0.29, 0.717) is 0 Å². The first-order chi connectivity index (χ1) is 32.8. The third-order valence-corrected chi connectivity index (χ3v) is 15.5. The highest BCUT2D eigenvalue weighted by Crippen LogP contribution is 2.55. The maximum Gasteiger partial charge on any atom is 0.297 e. The van der Waals surface area contributed by atoms with Crippen molar-refractivity contribution < 1.29 is 4.42 Å². The molecule has 8 aromatic rings. The van der Waals surface area contributed by atoms with Crippen molar-refractivity contribution in [3.8, 4) is 11.1 Å². The molecule has 69 heavy (non-hydrogen) atoms. The van der Waals surface area contributed by atoms with Gasteiger partial charge in [0.2, 0.25) is 0 Å². The lowest BCUT2D eigenvalue weighted by Gasteiger charge is -2.45. The van der Waals surface area contributed by atoms with Crippen LogP contribution in [-0.2, 0) is 21.7 Å². The van der Waals surface area contributed by atoms with Crippen molar-refractivity contribution in [1.29, 1.82) is 0 Å². The summed E-state index contributed by atoms with van der Waals surface area (Å²) in [6.07, 6.45) is 2.15. The van der Waals surface area contributed by atoms with Crippen LogP contribution in [0.15, 0.2) is 162 Å². The van der Waals surface area contributed by atoms with E-state index < -0.39 is 0 Å². The van der Waals surface area contributed by atoms with Crippen molar-refractivity contribution in [2.75, 3.05) is 14.7 Å². The SMILES string of the molecule is Cc1cc2c3c(c1)N(c1ccc(C(C)(C)C)cc1)c1c(oc4c1C(C)(C)CCC4(C)C)B3c1ccc(N(c3ccccc3)c3ccccc3C)cc1N2c1ccc(C(C)(C)C)cc1-c1ccccc1. The molecule has 11 rings (SSSR count). The Hall–Kier alpha value is -6.72. The Kier molecular flexibility index (Phi) is 10.3. The quantitative estimate of drug-likeness (QED) is 0.155. The summed E-state index contributed by atoms with van der Waals surface area (Å²) in [6, 6.07) is 59.2. The summed E-state index contributed by atoms with van der Waals surface area (Å²) >= 11 is 0. The molecular formula is C64H66BN3O. The molecule has 2 aliphatic heterocycles. The molecule has 0 amide bonds. The Morgan fingerprint density at radius 2 is 1.16 bits per heavy atom. The molecule has 3 aliphatic rings. The van der Waals surface area contributed by atoms with Gasteiger partial charge < -0.3 is 19.1 Å². The predicted octanol–water partition coefficient (Wildman–Crippen LogP) is 16.1. The monoisotopic (exact) mass is 904 g/mol. The van der Waals surface area contributed by atoms with Crippen LogP contribution in [0.3, 0.4) is 0 Å². The Morgan fingerprint density at radius 1 is 0.551 bits per heavy atom. The first-order valence-corrected chi connectivity index (χ1v) is 25.1. The first-order valence-electron chi connectivity index (χ1n) is 25.1. The number of fused-ring (bicyclic) bond motifs is 6. The highest BCUT2D eigenvalue weighted by atomic mass is 16.3. The van der Waals surface area contributed by atoms with E-state index in [1.807, 2.05) is 0 Å². The minimum atomic E-state index is -0.161. The van der Waals surface area contributed by atoms with Gasteiger partial charge in [-0.15, -0.1) is 0 Å². The van der Waals surface area contributed by atoms with E-state index in [-0.39, 0.29) is 28.4 Å². The first kappa shape index (κ1) is 44.8. The highest BCUT2D eigenvalue weighted by molar-refractivity contribution is 6.99. The van der Waals surface area contributed by atoms with Crippen LogP contribution >= 0.6 is 0 Å². The topological polar surface area (TPSA) is 22.9 Å². The standard InChI is InChI=1S/C64H66BN3O/c1-41-37-54-57-55(38-41)68(52-34-29-45(62(6,7)8)39-49(52)43-22-15-13-16-23-43)53-40-48(66(46-24-17-14-18-25-46)51-26-20-19-21-42(51)2)32-33-50(53)65(57)60-58(56-59(69-60)64(11,12)36-35-63(56,9)10)67(54)47-30-27-44(28-31-47)61(3,4)5/h13-34,37-40H,35-36H2,1-12H3. The largest absolute Gasteiger partial charge is 0.472 e. The number of hydrogen-bond donors (Lipinski definition) is 0. The Morgan fingerprint density at radius 3 is 1.83 bits per heavy atom. The molecule has 0 N–H and O–H groups in total. The zero-order chi connectivity index (χ0) is 48.4. The maximum atomic E-state index is 7.69. The van der Waals surface area contributed by atoms with Crippen LogP contribution in [0.25, 0.3) is 11.1 Å². The number of nitrogens with zero attached hydrogens (tertiary/aromatic N) is 3. The van der Waals surface area contributed by atoms with Crippen LogP contribution in [0.5, 0.6) is 0 Å². The number of aryl methyl sites for hydroxylation is 2. The molecule has 0 spiro atoms. The molecular weight excluding hydrogens is 838 g/mol. The Bertz CT molecular complexity index is 3280.